The number of carbonyl (C=O) groups is 1. The molecule has 5 heteroatoms. The Kier molecular flexibility index (Phi) is 6.53. The minimum Gasteiger partial charge on any atom is -0.425 e. The maximum Gasteiger partial charge on any atom is 0.220 e. The van der Waals surface area contributed by atoms with Crippen LogP contribution < -0.4 is 5.32 Å². The van der Waals surface area contributed by atoms with Crippen LogP contribution in [-0.2, 0) is 17.6 Å². The molecule has 156 valence electrons. The molecule has 31 heavy (non-hydrogen) atoms. The molecule has 1 amide bonds. The lowest BCUT2D eigenvalue weighted by atomic mass is 10.0. The summed E-state index contributed by atoms with van der Waals surface area (Å²) in [7, 11) is 0. The van der Waals surface area contributed by atoms with Crippen LogP contribution in [0.15, 0.2) is 89.3 Å². The van der Waals surface area contributed by atoms with Crippen LogP contribution in [0.25, 0.3) is 11.1 Å². The minimum atomic E-state index is -0.0363. The lowest BCUT2D eigenvalue weighted by Gasteiger charge is -2.13. The van der Waals surface area contributed by atoms with Crippen LogP contribution in [-0.4, -0.2) is 16.1 Å². The van der Waals surface area contributed by atoms with E-state index in [9.17, 15) is 4.79 Å². The van der Waals surface area contributed by atoms with E-state index in [0.717, 1.165) is 11.1 Å². The first-order valence-corrected chi connectivity index (χ1v) is 10.5. The topological polar surface area (TPSA) is 68.0 Å². The monoisotopic (exact) mass is 411 g/mol. The van der Waals surface area contributed by atoms with Crippen LogP contribution >= 0.6 is 0 Å². The van der Waals surface area contributed by atoms with Gasteiger partial charge in [0.2, 0.25) is 17.7 Å². The minimum absolute atomic E-state index is 0.0346. The van der Waals surface area contributed by atoms with Crippen molar-refractivity contribution in [2.24, 2.45) is 0 Å². The maximum atomic E-state index is 12.2. The van der Waals surface area contributed by atoms with E-state index in [2.05, 4.69) is 51.9 Å². The van der Waals surface area contributed by atoms with Gasteiger partial charge in [0.1, 0.15) is 0 Å². The summed E-state index contributed by atoms with van der Waals surface area (Å²) in [5.41, 5.74) is 4.54. The van der Waals surface area contributed by atoms with Gasteiger partial charge >= 0.3 is 0 Å². The van der Waals surface area contributed by atoms with E-state index >= 15 is 0 Å². The zero-order chi connectivity index (χ0) is 21.5. The van der Waals surface area contributed by atoms with Gasteiger partial charge in [-0.2, -0.15) is 0 Å². The van der Waals surface area contributed by atoms with Crippen molar-refractivity contribution in [3.8, 4) is 11.1 Å². The normalized spacial score (nSPS) is 11.8. The van der Waals surface area contributed by atoms with E-state index in [-0.39, 0.29) is 11.9 Å². The summed E-state index contributed by atoms with van der Waals surface area (Å²) in [5.74, 6) is 1.01. The molecular weight excluding hydrogens is 386 g/mol. The van der Waals surface area contributed by atoms with Gasteiger partial charge in [-0.3, -0.25) is 4.79 Å². The van der Waals surface area contributed by atoms with Crippen molar-refractivity contribution in [2.45, 2.75) is 32.2 Å². The third-order valence-electron chi connectivity index (χ3n) is 5.17. The lowest BCUT2D eigenvalue weighted by Crippen LogP contribution is -2.26. The quantitative estimate of drug-likeness (QED) is 0.436. The van der Waals surface area contributed by atoms with Crippen LogP contribution in [0.5, 0.6) is 0 Å². The Morgan fingerprint density at radius 3 is 2.16 bits per heavy atom. The molecule has 1 N–H and O–H groups in total. The summed E-state index contributed by atoms with van der Waals surface area (Å²) in [6.07, 6.45) is 1.30. The number of hydrogen-bond acceptors (Lipinski definition) is 4. The van der Waals surface area contributed by atoms with Gasteiger partial charge in [-0.25, -0.2) is 0 Å². The second kappa shape index (κ2) is 9.85. The Morgan fingerprint density at radius 2 is 1.45 bits per heavy atom. The molecule has 0 saturated heterocycles. The highest BCUT2D eigenvalue weighted by molar-refractivity contribution is 5.76. The van der Waals surface area contributed by atoms with Crippen molar-refractivity contribution in [3.63, 3.8) is 0 Å². The molecule has 0 aliphatic rings. The molecule has 0 aliphatic carbocycles. The molecule has 1 aromatic heterocycles. The van der Waals surface area contributed by atoms with Crippen molar-refractivity contribution in [1.82, 2.24) is 15.5 Å². The molecule has 1 atom stereocenters. The molecule has 0 spiro atoms. The van der Waals surface area contributed by atoms with E-state index in [4.69, 9.17) is 4.42 Å². The van der Waals surface area contributed by atoms with Gasteiger partial charge in [0.15, 0.2) is 0 Å². The molecule has 4 rings (SSSR count). The molecule has 3 aromatic carbocycles. The van der Waals surface area contributed by atoms with Crippen molar-refractivity contribution < 1.29 is 9.21 Å². The van der Waals surface area contributed by atoms with Gasteiger partial charge < -0.3 is 9.73 Å². The molecule has 4 aromatic rings. The number of benzene rings is 3. The highest BCUT2D eigenvalue weighted by Crippen LogP contribution is 2.20. The van der Waals surface area contributed by atoms with Crippen LogP contribution in [0.3, 0.4) is 0 Å². The predicted octanol–water partition coefficient (Wildman–Crippen LogP) is 5.14. The summed E-state index contributed by atoms with van der Waals surface area (Å²) in [6.45, 7) is 1.97. The number of amides is 1. The number of rotatable bonds is 8. The first-order valence-electron chi connectivity index (χ1n) is 10.5. The second-order valence-electron chi connectivity index (χ2n) is 7.53. The van der Waals surface area contributed by atoms with Crippen molar-refractivity contribution >= 4 is 5.91 Å². The fourth-order valence-electron chi connectivity index (χ4n) is 3.44. The van der Waals surface area contributed by atoms with Gasteiger partial charge in [0.25, 0.3) is 0 Å². The van der Waals surface area contributed by atoms with Crippen LogP contribution in [0.4, 0.5) is 0 Å². The third kappa shape index (κ3) is 5.66. The lowest BCUT2D eigenvalue weighted by molar-refractivity contribution is -0.121. The van der Waals surface area contributed by atoms with Crippen molar-refractivity contribution in [1.29, 1.82) is 0 Å². The molecule has 1 heterocycles. The third-order valence-corrected chi connectivity index (χ3v) is 5.17. The summed E-state index contributed by atoms with van der Waals surface area (Å²) in [4.78, 5) is 12.2. The molecule has 0 radical (unpaired) electrons. The number of carbonyl (C=O) groups excluding carboxylic acids is 1. The highest BCUT2D eigenvalue weighted by atomic mass is 16.4. The number of nitrogens with zero attached hydrogens (tertiary/aromatic N) is 2. The summed E-state index contributed by atoms with van der Waals surface area (Å²) >= 11 is 0. The summed E-state index contributed by atoms with van der Waals surface area (Å²) < 4.78 is 5.74. The Labute approximate surface area is 182 Å². The SMILES string of the molecule is C[C@@H](NC(=O)CCc1nnc(Cc2ccc(-c3ccccc3)cc2)o1)c1ccccc1. The molecule has 0 unspecified atom stereocenters. The Balaban J connectivity index is 1.28. The molecule has 5 nitrogen and oxygen atoms in total. The first-order chi connectivity index (χ1) is 15.2. The Bertz CT molecular complexity index is 1110. The molecule has 0 saturated carbocycles. The van der Waals surface area contributed by atoms with Crippen LogP contribution in [0, 0.1) is 0 Å². The zero-order valence-electron chi connectivity index (χ0n) is 17.5. The average molecular weight is 412 g/mol. The maximum absolute atomic E-state index is 12.2. The van der Waals surface area contributed by atoms with Crippen LogP contribution in [0.1, 0.15) is 42.3 Å². The largest absolute Gasteiger partial charge is 0.425 e. The number of hydrogen-bond donors (Lipinski definition) is 1. The van der Waals surface area contributed by atoms with Gasteiger partial charge in [0, 0.05) is 12.8 Å². The summed E-state index contributed by atoms with van der Waals surface area (Å²) in [5, 5.41) is 11.2. The molecule has 0 aliphatic heterocycles. The van der Waals surface area contributed by atoms with E-state index < -0.39 is 0 Å². The standard InChI is InChI=1S/C26H25N3O2/c1-19(21-8-4-2-5-9-21)27-24(30)16-17-25-28-29-26(31-25)18-20-12-14-23(15-13-20)22-10-6-3-7-11-22/h2-15,19H,16-18H2,1H3,(H,27,30)/t19-/m1/s1. The van der Waals surface area contributed by atoms with Gasteiger partial charge in [-0.1, -0.05) is 84.9 Å². The fourth-order valence-corrected chi connectivity index (χ4v) is 3.44. The van der Waals surface area contributed by atoms with Crippen molar-refractivity contribution in [2.75, 3.05) is 0 Å². The number of aromatic nitrogens is 2. The fraction of sp³-hybridized carbons (Fsp3) is 0.192. The Morgan fingerprint density at radius 1 is 0.839 bits per heavy atom. The molecule has 0 bridgehead atoms. The number of nitrogens with one attached hydrogen (secondary N) is 1. The van der Waals surface area contributed by atoms with Gasteiger partial charge in [-0.15, -0.1) is 10.2 Å². The second-order valence-corrected chi connectivity index (χ2v) is 7.53. The molecular formula is C26H25N3O2. The highest BCUT2D eigenvalue weighted by Gasteiger charge is 2.12. The van der Waals surface area contributed by atoms with Crippen molar-refractivity contribution in [3.05, 3.63) is 108 Å². The predicted molar refractivity (Wildman–Crippen MR) is 120 cm³/mol. The Hall–Kier alpha value is -3.73. The van der Waals surface area contributed by atoms with Crippen LogP contribution in [0.2, 0.25) is 0 Å². The first kappa shape index (κ1) is 20.5. The van der Waals surface area contributed by atoms with E-state index in [0.29, 0.717) is 31.0 Å². The van der Waals surface area contributed by atoms with E-state index in [1.54, 1.807) is 0 Å². The smallest absolute Gasteiger partial charge is 0.220 e. The molecule has 0 fully saturated rings. The van der Waals surface area contributed by atoms with Gasteiger partial charge in [-0.05, 0) is 29.2 Å². The van der Waals surface area contributed by atoms with E-state index in [1.807, 2.05) is 55.5 Å². The summed E-state index contributed by atoms with van der Waals surface area (Å²) in [6, 6.07) is 28.5. The number of aryl methyl sites for hydroxylation is 1. The average Bonchev–Trinajstić information content (AvgIpc) is 3.26. The van der Waals surface area contributed by atoms with E-state index in [1.165, 1.54) is 11.1 Å². The van der Waals surface area contributed by atoms with Gasteiger partial charge in [0.05, 0.1) is 12.5 Å². The zero-order valence-corrected chi connectivity index (χ0v) is 17.5.